The predicted octanol–water partition coefficient (Wildman–Crippen LogP) is -5.83. The van der Waals surface area contributed by atoms with E-state index in [1.165, 1.54) is 0 Å². The Hall–Kier alpha value is -2.44. The van der Waals surface area contributed by atoms with Crippen molar-refractivity contribution >= 4 is 28.3 Å². The van der Waals surface area contributed by atoms with Gasteiger partial charge in [0.25, 0.3) is 5.79 Å². The normalized spacial score (nSPS) is 34.6. The number of carbonyl (C=O) groups excluding carboxylic acids is 1. The highest BCUT2D eigenvalue weighted by Crippen LogP contribution is 2.46. The van der Waals surface area contributed by atoms with Gasteiger partial charge in [0, 0.05) is 0 Å². The molecule has 3 aliphatic heterocycles. The smallest absolute Gasteiger partial charge is 0.397 e. The summed E-state index contributed by atoms with van der Waals surface area (Å²) >= 11 is 0. The van der Waals surface area contributed by atoms with Crippen LogP contribution in [0.15, 0.2) is 4.99 Å². The summed E-state index contributed by atoms with van der Waals surface area (Å²) in [6, 6.07) is -2.87. The fourth-order valence-electron chi connectivity index (χ4n) is 3.68. The molecule has 0 radical (unpaired) electrons. The summed E-state index contributed by atoms with van der Waals surface area (Å²) in [6.07, 6.45) is -2.64. The monoisotopic (exact) mass is 411 g/mol. The van der Waals surface area contributed by atoms with Gasteiger partial charge in [-0.1, -0.05) is 0 Å². The molecule has 1 fully saturated rings. The number of nitrogens with zero attached hydrogens (tertiary/aromatic N) is 3. The fourth-order valence-corrected chi connectivity index (χ4v) is 4.16. The lowest BCUT2D eigenvalue weighted by molar-refractivity contribution is -0.526. The minimum Gasteiger partial charge on any atom is -0.744 e. The maximum absolute atomic E-state index is 12.5. The van der Waals surface area contributed by atoms with Gasteiger partial charge in [0.1, 0.15) is 18.6 Å². The number of guanidine groups is 2. The molecule has 16 nitrogen and oxygen atoms in total. The molecule has 1 unspecified atom stereocenters. The van der Waals surface area contributed by atoms with Crippen LogP contribution < -0.4 is 22.7 Å². The Morgan fingerprint density at radius 2 is 2.11 bits per heavy atom. The lowest BCUT2D eigenvalue weighted by Crippen LogP contribution is -2.79. The standard InChI is InChI=1S/C10H17N7O9S/c11-7-14-6-3(1-5(18)25-13)17(21)8(12)16-2-4(26-27(22,23)24)10(19,20)9(6,16)15-7/h3-4,6,19-20H,1-2,12-13H2,(H3,11,14,15)(H,22,23,24)/t3-,4-,6-,9?/m0/s1. The highest BCUT2D eigenvalue weighted by molar-refractivity contribution is 7.80. The first kappa shape index (κ1) is 19.3. The Morgan fingerprint density at radius 1 is 1.48 bits per heavy atom. The first-order valence-electron chi connectivity index (χ1n) is 7.33. The molecule has 0 bridgehead atoms. The number of carbonyl (C=O) groups is 1. The highest BCUT2D eigenvalue weighted by atomic mass is 32.3. The lowest BCUT2D eigenvalue weighted by Gasteiger charge is -2.47. The van der Waals surface area contributed by atoms with E-state index in [4.69, 9.17) is 21.9 Å². The third-order valence-electron chi connectivity index (χ3n) is 4.72. The highest BCUT2D eigenvalue weighted by Gasteiger charge is 2.78. The maximum atomic E-state index is 12.5. The number of rotatable bonds is 4. The van der Waals surface area contributed by atoms with Gasteiger partial charge < -0.3 is 31.3 Å². The lowest BCUT2D eigenvalue weighted by atomic mass is 9.84. The first-order chi connectivity index (χ1) is 12.3. The summed E-state index contributed by atoms with van der Waals surface area (Å²) in [5, 5.41) is 36.4. The van der Waals surface area contributed by atoms with Gasteiger partial charge >= 0.3 is 22.3 Å². The Kier molecular flexibility index (Phi) is 4.13. The number of hydroxylamine groups is 1. The third kappa shape index (κ3) is 2.63. The van der Waals surface area contributed by atoms with Gasteiger partial charge in [-0.25, -0.2) is 14.1 Å². The van der Waals surface area contributed by atoms with Gasteiger partial charge in [-0.3, -0.25) is 19.8 Å². The molecule has 0 aliphatic carbocycles. The average Bonchev–Trinajstić information content (AvgIpc) is 3.00. The summed E-state index contributed by atoms with van der Waals surface area (Å²) in [4.78, 5) is 20.4. The number of aliphatic hydroxyl groups is 2. The van der Waals surface area contributed by atoms with Crippen molar-refractivity contribution in [2.24, 2.45) is 22.4 Å². The van der Waals surface area contributed by atoms with Gasteiger partial charge in [-0.15, -0.1) is 0 Å². The van der Waals surface area contributed by atoms with E-state index in [0.717, 1.165) is 4.90 Å². The molecule has 0 aromatic rings. The summed E-state index contributed by atoms with van der Waals surface area (Å²) in [7, 11) is -5.11. The van der Waals surface area contributed by atoms with Crippen LogP contribution >= 0.6 is 0 Å². The van der Waals surface area contributed by atoms with E-state index in [9.17, 15) is 28.6 Å². The molecule has 17 heteroatoms. The van der Waals surface area contributed by atoms with Gasteiger partial charge in [-0.05, 0) is 0 Å². The minimum absolute atomic E-state index is 0.162. The van der Waals surface area contributed by atoms with E-state index in [1.807, 2.05) is 0 Å². The van der Waals surface area contributed by atoms with Gasteiger partial charge in [-0.2, -0.15) is 14.3 Å². The Balaban J connectivity index is 2.13. The van der Waals surface area contributed by atoms with Crippen LogP contribution in [0.1, 0.15) is 6.42 Å². The van der Waals surface area contributed by atoms with E-state index in [2.05, 4.69) is 19.3 Å². The molecule has 27 heavy (non-hydrogen) atoms. The Morgan fingerprint density at radius 3 is 2.67 bits per heavy atom. The minimum atomic E-state index is -5.11. The van der Waals surface area contributed by atoms with Crippen molar-refractivity contribution < 1.29 is 41.7 Å². The second kappa shape index (κ2) is 5.78. The second-order valence-corrected chi connectivity index (χ2v) is 7.19. The molecular formula is C10H17N7O9S. The Bertz CT molecular complexity index is 842. The van der Waals surface area contributed by atoms with E-state index < -0.39 is 64.9 Å². The van der Waals surface area contributed by atoms with Crippen molar-refractivity contribution in [1.29, 1.82) is 0 Å². The van der Waals surface area contributed by atoms with Gasteiger partial charge in [0.05, 0.1) is 6.42 Å². The summed E-state index contributed by atoms with van der Waals surface area (Å²) in [6.45, 7) is -0.655. The van der Waals surface area contributed by atoms with Crippen LogP contribution in [0.5, 0.6) is 0 Å². The van der Waals surface area contributed by atoms with E-state index in [1.54, 1.807) is 0 Å². The number of aliphatic imine (C=N–C) groups is 1. The number of nitrogens with two attached hydrogens (primary N) is 3. The molecule has 1 saturated heterocycles. The SMILES string of the molecule is NOC(=O)C[C@H]1[C@@H]2N=C(N)NC23N(C[C@H](OS(=O)(=O)O)C3(O)O)C(N)=[N+]1[O-]. The van der Waals surface area contributed by atoms with Crippen molar-refractivity contribution in [2.45, 2.75) is 36.1 Å². The van der Waals surface area contributed by atoms with Crippen LogP contribution in [0.2, 0.25) is 0 Å². The van der Waals surface area contributed by atoms with Crippen molar-refractivity contribution in [3.8, 4) is 0 Å². The van der Waals surface area contributed by atoms with E-state index in [0.29, 0.717) is 0 Å². The van der Waals surface area contributed by atoms with Crippen LogP contribution in [0.3, 0.4) is 0 Å². The zero-order valence-corrected chi connectivity index (χ0v) is 14.2. The molecule has 3 rings (SSSR count). The second-order valence-electron chi connectivity index (χ2n) is 6.15. The topological polar surface area (TPSA) is 262 Å². The molecule has 152 valence electrons. The van der Waals surface area contributed by atoms with Gasteiger partial charge in [0.15, 0.2) is 12.1 Å². The van der Waals surface area contributed by atoms with Crippen LogP contribution in [0, 0.1) is 5.21 Å². The van der Waals surface area contributed by atoms with Crippen LogP contribution in [0.4, 0.5) is 0 Å². The van der Waals surface area contributed by atoms with E-state index in [-0.39, 0.29) is 10.7 Å². The maximum Gasteiger partial charge on any atom is 0.397 e. The van der Waals surface area contributed by atoms with Gasteiger partial charge in [0.2, 0.25) is 5.66 Å². The molecule has 1 spiro atoms. The van der Waals surface area contributed by atoms with Crippen LogP contribution in [-0.2, 0) is 24.2 Å². The van der Waals surface area contributed by atoms with Crippen LogP contribution in [0.25, 0.3) is 0 Å². The first-order valence-corrected chi connectivity index (χ1v) is 8.69. The average molecular weight is 411 g/mol. The number of nitrogens with one attached hydrogen (secondary N) is 1. The molecule has 0 aromatic heterocycles. The zero-order valence-electron chi connectivity index (χ0n) is 13.4. The number of hydrogen-bond acceptors (Lipinski definition) is 14. The molecule has 3 heterocycles. The van der Waals surface area contributed by atoms with Crippen molar-refractivity contribution in [2.75, 3.05) is 6.54 Å². The number of hydrogen-bond donors (Lipinski definition) is 7. The van der Waals surface area contributed by atoms with E-state index >= 15 is 0 Å². The molecule has 3 aliphatic rings. The van der Waals surface area contributed by atoms with Crippen molar-refractivity contribution in [3.05, 3.63) is 5.21 Å². The molecule has 10 N–H and O–H groups in total. The van der Waals surface area contributed by atoms with Crippen molar-refractivity contribution in [3.63, 3.8) is 0 Å². The summed E-state index contributed by atoms with van der Waals surface area (Å²) in [5.41, 5.74) is 9.22. The zero-order chi connectivity index (χ0) is 20.4. The molecular weight excluding hydrogens is 394 g/mol. The van der Waals surface area contributed by atoms with Crippen LogP contribution in [-0.4, -0.2) is 86.9 Å². The third-order valence-corrected chi connectivity index (χ3v) is 5.20. The Labute approximate surface area is 151 Å². The summed E-state index contributed by atoms with van der Waals surface area (Å²) < 4.78 is 35.5. The fraction of sp³-hybridized carbons (Fsp3) is 0.700. The predicted molar refractivity (Wildman–Crippen MR) is 83.1 cm³/mol. The largest absolute Gasteiger partial charge is 0.744 e. The summed E-state index contributed by atoms with van der Waals surface area (Å²) in [5.74, 6) is -0.304. The molecule has 4 atom stereocenters. The molecule has 0 saturated carbocycles. The van der Waals surface area contributed by atoms with Crippen molar-refractivity contribution in [1.82, 2.24) is 10.2 Å². The molecule has 0 aromatic carbocycles. The molecule has 0 amide bonds. The quantitative estimate of drug-likeness (QED) is 0.0747.